The first-order valence-electron chi connectivity index (χ1n) is 8.43. The van der Waals surface area contributed by atoms with Crippen molar-refractivity contribution in [2.75, 3.05) is 0 Å². The fraction of sp³-hybridized carbons (Fsp3) is 0.0952. The molecule has 4 rings (SSSR count). The van der Waals surface area contributed by atoms with Crippen LogP contribution in [-0.2, 0) is 11.3 Å². The fourth-order valence-electron chi connectivity index (χ4n) is 2.95. The van der Waals surface area contributed by atoms with Crippen LogP contribution in [0.4, 0.5) is 0 Å². The Kier molecular flexibility index (Phi) is 4.19. The zero-order chi connectivity index (χ0) is 17.9. The van der Waals surface area contributed by atoms with E-state index in [9.17, 15) is 4.79 Å². The van der Waals surface area contributed by atoms with Crippen LogP contribution in [0.1, 0.15) is 12.5 Å². The molecule has 4 aromatic rings. The zero-order valence-corrected chi connectivity index (χ0v) is 14.4. The van der Waals surface area contributed by atoms with Gasteiger partial charge in [0.15, 0.2) is 0 Å². The van der Waals surface area contributed by atoms with Crippen LogP contribution in [0.2, 0.25) is 0 Å². The normalized spacial score (nSPS) is 11.8. The molecule has 0 saturated heterocycles. The Bertz CT molecular complexity index is 1130. The van der Waals surface area contributed by atoms with Crippen LogP contribution in [0, 0.1) is 0 Å². The molecule has 5 nitrogen and oxygen atoms in total. The summed E-state index contributed by atoms with van der Waals surface area (Å²) in [6.07, 6.45) is 1.67. The van der Waals surface area contributed by atoms with Crippen molar-refractivity contribution in [2.24, 2.45) is 5.10 Å². The molecular formula is C21H18N4O. The van der Waals surface area contributed by atoms with Crippen molar-refractivity contribution in [1.29, 1.82) is 0 Å². The number of hydrogen-bond acceptors (Lipinski definition) is 3. The SMILES string of the molecule is C/C(=N\NC(=O)Cn1cnc2ccccc21)c1ccc2ccccc2c1. The van der Waals surface area contributed by atoms with Crippen LogP contribution < -0.4 is 5.43 Å². The molecule has 128 valence electrons. The molecule has 1 heterocycles. The number of para-hydroxylation sites is 2. The number of fused-ring (bicyclic) bond motifs is 2. The second kappa shape index (κ2) is 6.80. The predicted octanol–water partition coefficient (Wildman–Crippen LogP) is 3.73. The molecule has 0 aliphatic carbocycles. The molecule has 1 amide bonds. The molecule has 1 N–H and O–H groups in total. The van der Waals surface area contributed by atoms with Crippen LogP contribution in [0.25, 0.3) is 21.8 Å². The average Bonchev–Trinajstić information content (AvgIpc) is 3.08. The highest BCUT2D eigenvalue weighted by Crippen LogP contribution is 2.16. The van der Waals surface area contributed by atoms with Gasteiger partial charge in [-0.05, 0) is 41.5 Å². The summed E-state index contributed by atoms with van der Waals surface area (Å²) < 4.78 is 1.81. The largest absolute Gasteiger partial charge is 0.321 e. The minimum Gasteiger partial charge on any atom is -0.321 e. The molecule has 0 atom stereocenters. The highest BCUT2D eigenvalue weighted by molar-refractivity contribution is 6.02. The maximum Gasteiger partial charge on any atom is 0.260 e. The van der Waals surface area contributed by atoms with E-state index in [0.717, 1.165) is 27.7 Å². The van der Waals surface area contributed by atoms with E-state index in [1.54, 1.807) is 6.33 Å². The number of nitrogens with one attached hydrogen (secondary N) is 1. The van der Waals surface area contributed by atoms with Crippen LogP contribution >= 0.6 is 0 Å². The van der Waals surface area contributed by atoms with Gasteiger partial charge in [0.1, 0.15) is 6.54 Å². The number of hydrazone groups is 1. The van der Waals surface area contributed by atoms with E-state index in [1.807, 2.05) is 54.0 Å². The third-order valence-electron chi connectivity index (χ3n) is 4.36. The van der Waals surface area contributed by atoms with Crippen molar-refractivity contribution in [2.45, 2.75) is 13.5 Å². The number of nitrogens with zero attached hydrogens (tertiary/aromatic N) is 3. The third kappa shape index (κ3) is 3.19. The first kappa shape index (κ1) is 16.0. The van der Waals surface area contributed by atoms with Gasteiger partial charge in [-0.2, -0.15) is 5.10 Å². The van der Waals surface area contributed by atoms with E-state index in [-0.39, 0.29) is 12.5 Å². The molecule has 5 heteroatoms. The van der Waals surface area contributed by atoms with Crippen LogP contribution in [-0.4, -0.2) is 21.2 Å². The maximum absolute atomic E-state index is 12.2. The molecule has 0 fully saturated rings. The summed E-state index contributed by atoms with van der Waals surface area (Å²) in [7, 11) is 0. The molecule has 0 bridgehead atoms. The number of benzene rings is 3. The molecule has 0 unspecified atom stereocenters. The monoisotopic (exact) mass is 342 g/mol. The lowest BCUT2D eigenvalue weighted by Crippen LogP contribution is -2.24. The van der Waals surface area contributed by atoms with Gasteiger partial charge in [0.05, 0.1) is 23.1 Å². The number of amides is 1. The van der Waals surface area contributed by atoms with Crippen molar-refractivity contribution in [3.05, 3.63) is 78.6 Å². The molecule has 1 aromatic heterocycles. The van der Waals surface area contributed by atoms with Gasteiger partial charge in [0.2, 0.25) is 0 Å². The Labute approximate surface area is 151 Å². The zero-order valence-electron chi connectivity index (χ0n) is 14.4. The highest BCUT2D eigenvalue weighted by atomic mass is 16.2. The summed E-state index contributed by atoms with van der Waals surface area (Å²) in [6, 6.07) is 22.0. The Balaban J connectivity index is 1.48. The summed E-state index contributed by atoms with van der Waals surface area (Å²) in [6.45, 7) is 2.06. The van der Waals surface area contributed by atoms with Gasteiger partial charge in [-0.3, -0.25) is 4.79 Å². The number of imidazole rings is 1. The molecule has 0 aliphatic heterocycles. The van der Waals surface area contributed by atoms with E-state index in [1.165, 1.54) is 5.39 Å². The van der Waals surface area contributed by atoms with Gasteiger partial charge in [-0.1, -0.05) is 48.5 Å². The summed E-state index contributed by atoms with van der Waals surface area (Å²) in [5, 5.41) is 6.57. The smallest absolute Gasteiger partial charge is 0.260 e. The Hall–Kier alpha value is -3.47. The van der Waals surface area contributed by atoms with Crippen molar-refractivity contribution < 1.29 is 4.79 Å². The molecule has 0 spiro atoms. The lowest BCUT2D eigenvalue weighted by molar-refractivity contribution is -0.121. The minimum atomic E-state index is -0.187. The molecule has 26 heavy (non-hydrogen) atoms. The fourth-order valence-corrected chi connectivity index (χ4v) is 2.95. The van der Waals surface area contributed by atoms with Crippen molar-refractivity contribution in [3.63, 3.8) is 0 Å². The quantitative estimate of drug-likeness (QED) is 0.454. The highest BCUT2D eigenvalue weighted by Gasteiger charge is 2.07. The minimum absolute atomic E-state index is 0.176. The van der Waals surface area contributed by atoms with Crippen LogP contribution in [0.15, 0.2) is 78.2 Å². The van der Waals surface area contributed by atoms with Crippen molar-refractivity contribution in [3.8, 4) is 0 Å². The number of rotatable bonds is 4. The van der Waals surface area contributed by atoms with Gasteiger partial charge in [-0.25, -0.2) is 10.4 Å². The first-order chi connectivity index (χ1) is 12.7. The standard InChI is InChI=1S/C21H18N4O/c1-15(17-11-10-16-6-2-3-7-18(16)12-17)23-24-21(26)13-25-14-22-19-8-4-5-9-20(19)25/h2-12,14H,13H2,1H3,(H,24,26)/b23-15+. The lowest BCUT2D eigenvalue weighted by Gasteiger charge is -2.06. The van der Waals surface area contributed by atoms with Crippen molar-refractivity contribution >= 4 is 33.4 Å². The van der Waals surface area contributed by atoms with Gasteiger partial charge in [0, 0.05) is 0 Å². The lowest BCUT2D eigenvalue weighted by atomic mass is 10.0. The summed E-state index contributed by atoms with van der Waals surface area (Å²) in [5.41, 5.74) is 6.18. The average molecular weight is 342 g/mol. The molecule has 0 aliphatic rings. The van der Waals surface area contributed by atoms with Gasteiger partial charge < -0.3 is 4.57 Å². The van der Waals surface area contributed by atoms with Crippen molar-refractivity contribution in [1.82, 2.24) is 15.0 Å². The van der Waals surface area contributed by atoms with Gasteiger partial charge in [0.25, 0.3) is 5.91 Å². The van der Waals surface area contributed by atoms with Gasteiger partial charge >= 0.3 is 0 Å². The number of carbonyl (C=O) groups is 1. The summed E-state index contributed by atoms with van der Waals surface area (Å²) >= 11 is 0. The second-order valence-electron chi connectivity index (χ2n) is 6.16. The number of hydrogen-bond donors (Lipinski definition) is 1. The third-order valence-corrected chi connectivity index (χ3v) is 4.36. The Morgan fingerprint density at radius 2 is 1.81 bits per heavy atom. The molecule has 3 aromatic carbocycles. The number of carbonyl (C=O) groups excluding carboxylic acids is 1. The Morgan fingerprint density at radius 3 is 2.69 bits per heavy atom. The van der Waals surface area contributed by atoms with E-state index in [2.05, 4.69) is 39.8 Å². The van der Waals surface area contributed by atoms with Crippen LogP contribution in [0.5, 0.6) is 0 Å². The van der Waals surface area contributed by atoms with Gasteiger partial charge in [-0.15, -0.1) is 0 Å². The van der Waals surface area contributed by atoms with E-state index >= 15 is 0 Å². The van der Waals surface area contributed by atoms with E-state index in [4.69, 9.17) is 0 Å². The topological polar surface area (TPSA) is 59.3 Å². The maximum atomic E-state index is 12.2. The summed E-state index contributed by atoms with van der Waals surface area (Å²) in [5.74, 6) is -0.187. The summed E-state index contributed by atoms with van der Waals surface area (Å²) in [4.78, 5) is 16.5. The molecule has 0 radical (unpaired) electrons. The van der Waals surface area contributed by atoms with E-state index in [0.29, 0.717) is 0 Å². The number of aromatic nitrogens is 2. The van der Waals surface area contributed by atoms with Crippen LogP contribution in [0.3, 0.4) is 0 Å². The van der Waals surface area contributed by atoms with E-state index < -0.39 is 0 Å². The second-order valence-corrected chi connectivity index (χ2v) is 6.16. The molecular weight excluding hydrogens is 324 g/mol. The predicted molar refractivity (Wildman–Crippen MR) is 104 cm³/mol. The molecule has 0 saturated carbocycles. The Morgan fingerprint density at radius 1 is 1.04 bits per heavy atom. The first-order valence-corrected chi connectivity index (χ1v) is 8.43.